The maximum Gasteiger partial charge on any atom is 0.191 e. The van der Waals surface area contributed by atoms with E-state index in [4.69, 9.17) is 4.74 Å². The van der Waals surface area contributed by atoms with Crippen LogP contribution >= 0.6 is 24.0 Å². The number of nitrogens with one attached hydrogen (secondary N) is 2. The molecule has 0 aliphatic heterocycles. The number of ether oxygens (including phenoxy) is 1. The lowest BCUT2D eigenvalue weighted by Crippen LogP contribution is -2.38. The van der Waals surface area contributed by atoms with E-state index in [2.05, 4.69) is 20.7 Å². The summed E-state index contributed by atoms with van der Waals surface area (Å²) in [7, 11) is 1.60. The van der Waals surface area contributed by atoms with E-state index in [0.717, 1.165) is 37.6 Å². The van der Waals surface area contributed by atoms with Crippen LogP contribution in [0.3, 0.4) is 0 Å². The van der Waals surface area contributed by atoms with Gasteiger partial charge in [0.05, 0.1) is 13.7 Å². The molecule has 0 radical (unpaired) electrons. The van der Waals surface area contributed by atoms with E-state index in [-0.39, 0.29) is 29.7 Å². The molecule has 1 aromatic carbocycles. The topological polar surface area (TPSA) is 83.7 Å². The maximum absolute atomic E-state index is 9.92. The Morgan fingerprint density at radius 2 is 2.20 bits per heavy atom. The Labute approximate surface area is 165 Å². The molecule has 7 nitrogen and oxygen atoms in total. The molecule has 8 heteroatoms. The summed E-state index contributed by atoms with van der Waals surface area (Å²) in [6.07, 6.45) is 4.67. The zero-order valence-corrected chi connectivity index (χ0v) is 16.9. The van der Waals surface area contributed by atoms with Crippen LogP contribution in [0.25, 0.3) is 0 Å². The minimum absolute atomic E-state index is 0. The van der Waals surface area contributed by atoms with E-state index in [9.17, 15) is 5.11 Å². The number of benzene rings is 1. The third-order valence-electron chi connectivity index (χ3n) is 3.45. The van der Waals surface area contributed by atoms with Crippen LogP contribution in [0.15, 0.2) is 41.7 Å². The average Bonchev–Trinajstić information content (AvgIpc) is 3.11. The molecular weight excluding hydrogens is 433 g/mol. The van der Waals surface area contributed by atoms with Gasteiger partial charge in [0.25, 0.3) is 0 Å². The number of hydrogen-bond acceptors (Lipinski definition) is 4. The van der Waals surface area contributed by atoms with Crippen molar-refractivity contribution in [1.29, 1.82) is 0 Å². The summed E-state index contributed by atoms with van der Waals surface area (Å²) in [4.78, 5) is 4.51. The Hall–Kier alpha value is -1.97. The molecule has 1 heterocycles. The van der Waals surface area contributed by atoms with Crippen LogP contribution in [0.4, 0.5) is 0 Å². The number of methoxy groups -OCH3 is 1. The van der Waals surface area contributed by atoms with Crippen LogP contribution in [0.5, 0.6) is 11.5 Å². The first-order chi connectivity index (χ1) is 11.7. The van der Waals surface area contributed by atoms with E-state index in [1.807, 2.05) is 23.9 Å². The highest BCUT2D eigenvalue weighted by Gasteiger charge is 2.04. The fourth-order valence-electron chi connectivity index (χ4n) is 2.20. The summed E-state index contributed by atoms with van der Waals surface area (Å²) in [5.41, 5.74) is 0.725. The minimum atomic E-state index is 0. The van der Waals surface area contributed by atoms with Gasteiger partial charge in [-0.3, -0.25) is 4.68 Å². The Kier molecular flexibility index (Phi) is 9.75. The molecule has 0 spiro atoms. The van der Waals surface area contributed by atoms with Crippen molar-refractivity contribution in [2.45, 2.75) is 26.4 Å². The first-order valence-electron chi connectivity index (χ1n) is 8.08. The van der Waals surface area contributed by atoms with Gasteiger partial charge in [0.15, 0.2) is 5.96 Å². The molecule has 0 amide bonds. The van der Waals surface area contributed by atoms with Gasteiger partial charge in [-0.2, -0.15) is 5.10 Å². The molecule has 0 bridgehead atoms. The summed E-state index contributed by atoms with van der Waals surface area (Å²) in [5, 5.41) is 20.6. The molecule has 3 N–H and O–H groups in total. The third kappa shape index (κ3) is 7.20. The van der Waals surface area contributed by atoms with Crippen molar-refractivity contribution < 1.29 is 9.84 Å². The molecule has 0 saturated carbocycles. The Bertz CT molecular complexity index is 646. The normalized spacial score (nSPS) is 10.9. The summed E-state index contributed by atoms with van der Waals surface area (Å²) < 4.78 is 7.08. The number of guanidine groups is 1. The predicted molar refractivity (Wildman–Crippen MR) is 110 cm³/mol. The average molecular weight is 459 g/mol. The first-order valence-corrected chi connectivity index (χ1v) is 8.08. The van der Waals surface area contributed by atoms with Gasteiger partial charge in [0, 0.05) is 37.6 Å². The van der Waals surface area contributed by atoms with Crippen molar-refractivity contribution in [3.63, 3.8) is 0 Å². The van der Waals surface area contributed by atoms with Crippen molar-refractivity contribution in [2.75, 3.05) is 20.2 Å². The van der Waals surface area contributed by atoms with Crippen LogP contribution in [0.1, 0.15) is 18.9 Å². The summed E-state index contributed by atoms with van der Waals surface area (Å²) in [5.74, 6) is 1.64. The Morgan fingerprint density at radius 3 is 2.88 bits per heavy atom. The van der Waals surface area contributed by atoms with E-state index in [0.29, 0.717) is 12.3 Å². The molecule has 2 rings (SSSR count). The largest absolute Gasteiger partial charge is 0.508 e. The zero-order chi connectivity index (χ0) is 17.2. The standard InChI is InChI=1S/C17H25N5O2.HI/c1-3-18-17(19-8-4-10-22-11-5-9-21-22)20-13-14-12-15(24-2)6-7-16(14)23;/h5-7,9,11-12,23H,3-4,8,10,13H2,1-2H3,(H2,18,19,20);1H. The number of aryl methyl sites for hydroxylation is 1. The van der Waals surface area contributed by atoms with E-state index < -0.39 is 0 Å². The number of phenols is 1. The molecule has 0 aliphatic carbocycles. The van der Waals surface area contributed by atoms with Crippen molar-refractivity contribution >= 4 is 29.9 Å². The number of halogens is 1. The van der Waals surface area contributed by atoms with Crippen molar-refractivity contribution in [3.05, 3.63) is 42.2 Å². The van der Waals surface area contributed by atoms with E-state index in [1.165, 1.54) is 0 Å². The summed E-state index contributed by atoms with van der Waals surface area (Å²) in [6.45, 7) is 4.81. The molecule has 0 fully saturated rings. The van der Waals surface area contributed by atoms with Crippen LogP contribution in [-0.4, -0.2) is 41.0 Å². The second-order valence-corrected chi connectivity index (χ2v) is 5.24. The molecule has 0 atom stereocenters. The lowest BCUT2D eigenvalue weighted by atomic mass is 10.2. The van der Waals surface area contributed by atoms with Crippen LogP contribution < -0.4 is 15.4 Å². The lowest BCUT2D eigenvalue weighted by molar-refractivity contribution is 0.411. The monoisotopic (exact) mass is 459 g/mol. The van der Waals surface area contributed by atoms with E-state index in [1.54, 1.807) is 31.5 Å². The lowest BCUT2D eigenvalue weighted by Gasteiger charge is -2.12. The van der Waals surface area contributed by atoms with Gasteiger partial charge in [-0.25, -0.2) is 4.99 Å². The molecule has 0 aliphatic rings. The highest BCUT2D eigenvalue weighted by molar-refractivity contribution is 14.0. The predicted octanol–water partition coefficient (Wildman–Crippen LogP) is 2.36. The maximum atomic E-state index is 9.92. The number of phenolic OH excluding ortho intramolecular Hbond substituents is 1. The van der Waals surface area contributed by atoms with Crippen molar-refractivity contribution in [2.24, 2.45) is 4.99 Å². The number of aromatic hydroxyl groups is 1. The number of rotatable bonds is 8. The van der Waals surface area contributed by atoms with Crippen molar-refractivity contribution in [1.82, 2.24) is 20.4 Å². The molecule has 138 valence electrons. The number of nitrogens with zero attached hydrogens (tertiary/aromatic N) is 3. The van der Waals surface area contributed by atoms with Crippen molar-refractivity contribution in [3.8, 4) is 11.5 Å². The number of aromatic nitrogens is 2. The smallest absolute Gasteiger partial charge is 0.191 e. The Morgan fingerprint density at radius 1 is 1.36 bits per heavy atom. The highest BCUT2D eigenvalue weighted by atomic mass is 127. The Balaban J connectivity index is 0.00000312. The third-order valence-corrected chi connectivity index (χ3v) is 3.45. The van der Waals surface area contributed by atoms with Gasteiger partial charge < -0.3 is 20.5 Å². The van der Waals surface area contributed by atoms with Gasteiger partial charge in [-0.15, -0.1) is 24.0 Å². The molecule has 0 unspecified atom stereocenters. The van der Waals surface area contributed by atoms with E-state index >= 15 is 0 Å². The molecule has 0 saturated heterocycles. The molecule has 2 aromatic rings. The second-order valence-electron chi connectivity index (χ2n) is 5.24. The van der Waals surface area contributed by atoms with Gasteiger partial charge in [-0.1, -0.05) is 0 Å². The highest BCUT2D eigenvalue weighted by Crippen LogP contribution is 2.23. The molecule has 1 aromatic heterocycles. The number of hydrogen-bond donors (Lipinski definition) is 3. The fourth-order valence-corrected chi connectivity index (χ4v) is 2.20. The number of aliphatic imine (C=N–C) groups is 1. The first kappa shape index (κ1) is 21.1. The second kappa shape index (κ2) is 11.6. The minimum Gasteiger partial charge on any atom is -0.508 e. The van der Waals surface area contributed by atoms with Crippen LogP contribution in [0.2, 0.25) is 0 Å². The quantitative estimate of drug-likeness (QED) is 0.244. The summed E-state index contributed by atoms with van der Waals surface area (Å²) >= 11 is 0. The summed E-state index contributed by atoms with van der Waals surface area (Å²) in [6, 6.07) is 7.05. The van der Waals surface area contributed by atoms with Gasteiger partial charge in [-0.05, 0) is 37.6 Å². The van der Waals surface area contributed by atoms with Crippen LogP contribution in [0, 0.1) is 0 Å². The fraction of sp³-hybridized carbons (Fsp3) is 0.412. The molecular formula is C17H26IN5O2. The van der Waals surface area contributed by atoms with Crippen LogP contribution in [-0.2, 0) is 13.1 Å². The SMILES string of the molecule is CCNC(=NCc1cc(OC)ccc1O)NCCCn1cccn1.I. The van der Waals surface area contributed by atoms with Gasteiger partial charge in [0.1, 0.15) is 11.5 Å². The molecule has 25 heavy (non-hydrogen) atoms. The van der Waals surface area contributed by atoms with Gasteiger partial charge >= 0.3 is 0 Å². The van der Waals surface area contributed by atoms with Gasteiger partial charge in [0.2, 0.25) is 0 Å². The zero-order valence-electron chi connectivity index (χ0n) is 14.6.